The SMILES string of the molecule is CCCN(Cc1cccc(OC)c1)C1(CN)CCCC1. The summed E-state index contributed by atoms with van der Waals surface area (Å²) in [5, 5.41) is 0. The van der Waals surface area contributed by atoms with Crippen LogP contribution in [0.15, 0.2) is 24.3 Å². The summed E-state index contributed by atoms with van der Waals surface area (Å²) in [5.41, 5.74) is 7.68. The summed E-state index contributed by atoms with van der Waals surface area (Å²) in [4.78, 5) is 2.61. The molecule has 1 saturated carbocycles. The molecule has 3 nitrogen and oxygen atoms in total. The van der Waals surface area contributed by atoms with E-state index in [9.17, 15) is 0 Å². The highest BCUT2D eigenvalue weighted by Crippen LogP contribution is 2.35. The number of hydrogen-bond acceptors (Lipinski definition) is 3. The zero-order valence-electron chi connectivity index (χ0n) is 12.9. The molecule has 1 aromatic rings. The summed E-state index contributed by atoms with van der Waals surface area (Å²) in [6.07, 6.45) is 6.29. The van der Waals surface area contributed by atoms with Crippen LogP contribution in [0.25, 0.3) is 0 Å². The van der Waals surface area contributed by atoms with E-state index in [1.54, 1.807) is 7.11 Å². The van der Waals surface area contributed by atoms with E-state index >= 15 is 0 Å². The van der Waals surface area contributed by atoms with Gasteiger partial charge in [-0.2, -0.15) is 0 Å². The van der Waals surface area contributed by atoms with Crippen LogP contribution in [0.4, 0.5) is 0 Å². The van der Waals surface area contributed by atoms with Gasteiger partial charge in [0.05, 0.1) is 7.11 Å². The van der Waals surface area contributed by atoms with E-state index in [-0.39, 0.29) is 5.54 Å². The molecule has 1 aliphatic rings. The van der Waals surface area contributed by atoms with Crippen molar-refractivity contribution in [2.75, 3.05) is 20.2 Å². The minimum absolute atomic E-state index is 0.221. The smallest absolute Gasteiger partial charge is 0.119 e. The maximum atomic E-state index is 6.14. The number of benzene rings is 1. The lowest BCUT2D eigenvalue weighted by Gasteiger charge is -2.41. The summed E-state index contributed by atoms with van der Waals surface area (Å²) >= 11 is 0. The Morgan fingerprint density at radius 2 is 2.05 bits per heavy atom. The van der Waals surface area contributed by atoms with Crippen molar-refractivity contribution in [3.05, 3.63) is 29.8 Å². The molecule has 0 unspecified atom stereocenters. The maximum absolute atomic E-state index is 6.14. The zero-order valence-corrected chi connectivity index (χ0v) is 12.9. The van der Waals surface area contributed by atoms with Gasteiger partial charge < -0.3 is 10.5 Å². The predicted molar refractivity (Wildman–Crippen MR) is 83.9 cm³/mol. The molecule has 1 fully saturated rings. The van der Waals surface area contributed by atoms with E-state index in [0.29, 0.717) is 0 Å². The molecule has 0 aliphatic heterocycles. The molecular formula is C17H28N2O. The molecule has 0 atom stereocenters. The molecule has 0 heterocycles. The number of ether oxygens (including phenoxy) is 1. The molecule has 1 aromatic carbocycles. The van der Waals surface area contributed by atoms with Crippen molar-refractivity contribution in [1.82, 2.24) is 4.90 Å². The van der Waals surface area contributed by atoms with E-state index in [1.807, 2.05) is 6.07 Å². The van der Waals surface area contributed by atoms with Crippen LogP contribution in [0, 0.1) is 0 Å². The first-order chi connectivity index (χ1) is 9.74. The number of nitrogens with zero attached hydrogens (tertiary/aromatic N) is 1. The van der Waals surface area contributed by atoms with Gasteiger partial charge >= 0.3 is 0 Å². The Morgan fingerprint density at radius 3 is 2.65 bits per heavy atom. The van der Waals surface area contributed by atoms with E-state index in [0.717, 1.165) is 25.4 Å². The number of hydrogen-bond donors (Lipinski definition) is 1. The fraction of sp³-hybridized carbons (Fsp3) is 0.647. The standard InChI is InChI=1S/C17H28N2O/c1-3-11-19(17(14-18)9-4-5-10-17)13-15-7-6-8-16(12-15)20-2/h6-8,12H,3-5,9-11,13-14,18H2,1-2H3. The Morgan fingerprint density at radius 1 is 1.30 bits per heavy atom. The lowest BCUT2D eigenvalue weighted by atomic mass is 9.94. The Bertz CT molecular complexity index is 413. The molecule has 3 heteroatoms. The maximum Gasteiger partial charge on any atom is 0.119 e. The first-order valence-corrected chi connectivity index (χ1v) is 7.82. The van der Waals surface area contributed by atoms with Gasteiger partial charge in [0.2, 0.25) is 0 Å². The molecule has 2 rings (SSSR count). The topological polar surface area (TPSA) is 38.5 Å². The largest absolute Gasteiger partial charge is 0.497 e. The highest BCUT2D eigenvalue weighted by molar-refractivity contribution is 5.28. The lowest BCUT2D eigenvalue weighted by Crippen LogP contribution is -2.51. The van der Waals surface area contributed by atoms with Gasteiger partial charge in [-0.05, 0) is 43.5 Å². The molecule has 0 saturated heterocycles. The first kappa shape index (κ1) is 15.3. The Hall–Kier alpha value is -1.06. The molecule has 20 heavy (non-hydrogen) atoms. The van der Waals surface area contributed by atoms with Crippen molar-refractivity contribution in [1.29, 1.82) is 0 Å². The van der Waals surface area contributed by atoms with E-state index in [4.69, 9.17) is 10.5 Å². The number of rotatable bonds is 7. The highest BCUT2D eigenvalue weighted by Gasteiger charge is 2.37. The predicted octanol–water partition coefficient (Wildman–Crippen LogP) is 3.18. The van der Waals surface area contributed by atoms with Gasteiger partial charge in [-0.1, -0.05) is 31.9 Å². The van der Waals surface area contributed by atoms with Crippen LogP contribution >= 0.6 is 0 Å². The van der Waals surface area contributed by atoms with Crippen LogP contribution in [0.1, 0.15) is 44.6 Å². The Balaban J connectivity index is 2.15. The van der Waals surface area contributed by atoms with Crippen LogP contribution in [0.5, 0.6) is 5.75 Å². The van der Waals surface area contributed by atoms with Crippen LogP contribution in [0.2, 0.25) is 0 Å². The Kier molecular flexibility index (Phi) is 5.44. The second kappa shape index (κ2) is 7.09. The van der Waals surface area contributed by atoms with Gasteiger partial charge in [0.15, 0.2) is 0 Å². The quantitative estimate of drug-likeness (QED) is 0.831. The van der Waals surface area contributed by atoms with Crippen LogP contribution < -0.4 is 10.5 Å². The second-order valence-corrected chi connectivity index (χ2v) is 5.91. The van der Waals surface area contributed by atoms with Crippen LogP contribution in [0.3, 0.4) is 0 Å². The first-order valence-electron chi connectivity index (χ1n) is 7.82. The van der Waals surface area contributed by atoms with Crippen molar-refractivity contribution in [3.63, 3.8) is 0 Å². The molecule has 1 aliphatic carbocycles. The van der Waals surface area contributed by atoms with Crippen molar-refractivity contribution in [2.45, 2.75) is 51.1 Å². The van der Waals surface area contributed by atoms with Crippen LogP contribution in [-0.4, -0.2) is 30.6 Å². The molecule has 2 N–H and O–H groups in total. The second-order valence-electron chi connectivity index (χ2n) is 5.91. The van der Waals surface area contributed by atoms with Gasteiger partial charge in [0.25, 0.3) is 0 Å². The fourth-order valence-corrected chi connectivity index (χ4v) is 3.43. The van der Waals surface area contributed by atoms with E-state index < -0.39 is 0 Å². The van der Waals surface area contributed by atoms with E-state index in [2.05, 4.69) is 30.0 Å². The summed E-state index contributed by atoms with van der Waals surface area (Å²) in [6, 6.07) is 8.40. The number of methoxy groups -OCH3 is 1. The molecule has 0 spiro atoms. The summed E-state index contributed by atoms with van der Waals surface area (Å²) in [5.74, 6) is 0.937. The molecule has 0 aromatic heterocycles. The summed E-state index contributed by atoms with van der Waals surface area (Å²) < 4.78 is 5.33. The third kappa shape index (κ3) is 3.33. The Labute approximate surface area is 123 Å². The van der Waals surface area contributed by atoms with Crippen LogP contribution in [-0.2, 0) is 6.54 Å². The minimum Gasteiger partial charge on any atom is -0.497 e. The van der Waals surface area contributed by atoms with Crippen molar-refractivity contribution >= 4 is 0 Å². The van der Waals surface area contributed by atoms with Crippen molar-refractivity contribution in [2.24, 2.45) is 5.73 Å². The average Bonchev–Trinajstić information content (AvgIpc) is 2.97. The lowest BCUT2D eigenvalue weighted by molar-refractivity contribution is 0.0903. The van der Waals surface area contributed by atoms with Crippen molar-refractivity contribution in [3.8, 4) is 5.75 Å². The third-order valence-electron chi connectivity index (χ3n) is 4.59. The molecule has 0 amide bonds. The molecule has 112 valence electrons. The monoisotopic (exact) mass is 276 g/mol. The molecule has 0 radical (unpaired) electrons. The average molecular weight is 276 g/mol. The zero-order chi connectivity index (χ0) is 14.4. The summed E-state index contributed by atoms with van der Waals surface area (Å²) in [7, 11) is 1.72. The van der Waals surface area contributed by atoms with Gasteiger partial charge in [-0.25, -0.2) is 0 Å². The number of nitrogens with two attached hydrogens (primary N) is 1. The van der Waals surface area contributed by atoms with Gasteiger partial charge in [0.1, 0.15) is 5.75 Å². The van der Waals surface area contributed by atoms with Crippen molar-refractivity contribution < 1.29 is 4.74 Å². The molecular weight excluding hydrogens is 248 g/mol. The molecule has 0 bridgehead atoms. The summed E-state index contributed by atoms with van der Waals surface area (Å²) in [6.45, 7) is 5.12. The van der Waals surface area contributed by atoms with Gasteiger partial charge in [-0.15, -0.1) is 0 Å². The fourth-order valence-electron chi connectivity index (χ4n) is 3.43. The highest BCUT2D eigenvalue weighted by atomic mass is 16.5. The van der Waals surface area contributed by atoms with E-state index in [1.165, 1.54) is 37.7 Å². The third-order valence-corrected chi connectivity index (χ3v) is 4.59. The minimum atomic E-state index is 0.221. The normalized spacial score (nSPS) is 17.6. The van der Waals surface area contributed by atoms with Gasteiger partial charge in [-0.3, -0.25) is 4.90 Å². The van der Waals surface area contributed by atoms with Gasteiger partial charge in [0, 0.05) is 18.6 Å².